The van der Waals surface area contributed by atoms with Crippen LogP contribution in [-0.2, 0) is 33.9 Å². The Balaban J connectivity index is 0.00000588. The number of phenolic OH excluding ortho intramolecular Hbond substituents is 1. The molecule has 240 valence electrons. The number of rotatable bonds is 13. The van der Waals surface area contributed by atoms with Crippen molar-refractivity contribution in [1.29, 1.82) is 5.41 Å². The summed E-state index contributed by atoms with van der Waals surface area (Å²) in [6, 6.07) is 3.73. The highest BCUT2D eigenvalue weighted by Crippen LogP contribution is 2.40. The molecule has 3 rings (SSSR count). The fraction of sp³-hybridized carbons (Fsp3) is 0.364. The molecule has 2 heterocycles. The molecule has 17 nitrogen and oxygen atoms in total. The van der Waals surface area contributed by atoms with Crippen LogP contribution in [0.25, 0.3) is 0 Å². The number of nitrogens with one attached hydrogen (secondary N) is 1. The van der Waals surface area contributed by atoms with Crippen molar-refractivity contribution >= 4 is 83.1 Å². The van der Waals surface area contributed by atoms with Crippen LogP contribution < -0.4 is 16.2 Å². The van der Waals surface area contributed by atoms with Gasteiger partial charge in [-0.3, -0.25) is 19.6 Å². The van der Waals surface area contributed by atoms with Gasteiger partial charge >= 0.3 is 16.4 Å². The number of carbonyl (C=O) groups excluding carboxylic acids is 2. The third-order valence-corrected chi connectivity index (χ3v) is 6.68. The Morgan fingerprint density at radius 3 is 2.40 bits per heavy atom. The van der Waals surface area contributed by atoms with E-state index in [0.29, 0.717) is 5.06 Å². The number of β-lactam (4-membered cyclic amide) rings is 1. The summed E-state index contributed by atoms with van der Waals surface area (Å²) in [7, 11) is -5.00. The number of Topliss-reactive ketones (excluding diaryl/α,β-unsaturated/α-hetero) is 1. The molecule has 21 heteroatoms. The summed E-state index contributed by atoms with van der Waals surface area (Å²) >= 11 is 0.948. The van der Waals surface area contributed by atoms with Gasteiger partial charge in [0.1, 0.15) is 29.6 Å². The predicted molar refractivity (Wildman–Crippen MR) is 164 cm³/mol. The van der Waals surface area contributed by atoms with Crippen LogP contribution in [0.3, 0.4) is 0 Å². The third kappa shape index (κ3) is 9.43. The maximum Gasteiger partial charge on any atom is 0.418 e. The summed E-state index contributed by atoms with van der Waals surface area (Å²) in [6.07, 6.45) is -2.29. The lowest BCUT2D eigenvalue weighted by Gasteiger charge is -2.50. The molecule has 0 bridgehead atoms. The molecule has 1 unspecified atom stereocenters. The number of nitrogens with zero attached hydrogens (tertiary/aromatic N) is 3. The first kappa shape index (κ1) is 39.4. The highest BCUT2D eigenvalue weighted by atomic mass is 32.3. The quantitative estimate of drug-likeness (QED) is 0.0559. The van der Waals surface area contributed by atoms with Crippen LogP contribution in [0, 0.1) is 11.3 Å². The number of phenols is 1. The lowest BCUT2D eigenvalue weighted by Crippen LogP contribution is -2.68. The molecule has 1 fully saturated rings. The Hall–Kier alpha value is -3.63. The number of aliphatic carboxylic acids is 1. The number of ketones is 1. The fourth-order valence-electron chi connectivity index (χ4n) is 3.55. The standard InChI is InChI=1S/C21H24N6O11S2.CH4.2H2S/c1-21(2)11(18(30)27(21)38-40(33,34)35)6-14(29)16(12-8-39-20(24)25-12)26-37-15(19(31)32)7-36-9-3-4-10(17(22)23)13(28)5-9;;;/h3-5,8,11,15,28H,6-7H2,1-2H3,(H3,22,23)(H2,24,25)(H,31,32)(H,33,34,35);1H4;2*1H2/b26-16-;;;/t11?,15-;;;/m0.../s1. The van der Waals surface area contributed by atoms with Gasteiger partial charge in [-0.05, 0) is 26.0 Å². The molecule has 1 aromatic carbocycles. The molecule has 0 spiro atoms. The molecule has 2 atom stereocenters. The van der Waals surface area contributed by atoms with Crippen molar-refractivity contribution in [2.45, 2.75) is 39.3 Å². The molecule has 1 aliphatic heterocycles. The van der Waals surface area contributed by atoms with Gasteiger partial charge in [-0.2, -0.15) is 40.5 Å². The zero-order valence-corrected chi connectivity index (χ0v) is 25.4. The number of aromatic nitrogens is 1. The molecule has 43 heavy (non-hydrogen) atoms. The molecule has 8 N–H and O–H groups in total. The van der Waals surface area contributed by atoms with Gasteiger partial charge in [-0.1, -0.05) is 12.6 Å². The second-order valence-corrected chi connectivity index (χ2v) is 10.7. The van der Waals surface area contributed by atoms with E-state index in [1.54, 1.807) is 0 Å². The van der Waals surface area contributed by atoms with Crippen molar-refractivity contribution in [3.63, 3.8) is 0 Å². The maximum absolute atomic E-state index is 13.2. The van der Waals surface area contributed by atoms with Gasteiger partial charge in [0.25, 0.3) is 12.0 Å². The van der Waals surface area contributed by atoms with Gasteiger partial charge in [0.05, 0.1) is 17.0 Å². The average Bonchev–Trinajstić information content (AvgIpc) is 3.27. The molecule has 1 saturated heterocycles. The molecule has 0 saturated carbocycles. The van der Waals surface area contributed by atoms with E-state index in [4.69, 9.17) is 31.0 Å². The number of amides is 1. The van der Waals surface area contributed by atoms with E-state index in [-0.39, 0.29) is 62.3 Å². The lowest BCUT2D eigenvalue weighted by molar-refractivity contribution is -0.228. The van der Waals surface area contributed by atoms with Gasteiger partial charge in [0, 0.05) is 17.9 Å². The molecule has 1 aliphatic rings. The smallest absolute Gasteiger partial charge is 0.418 e. The van der Waals surface area contributed by atoms with Gasteiger partial charge in [-0.15, -0.1) is 15.6 Å². The summed E-state index contributed by atoms with van der Waals surface area (Å²) in [5.41, 5.74) is 9.13. The van der Waals surface area contributed by atoms with Crippen molar-refractivity contribution in [1.82, 2.24) is 10.0 Å². The minimum atomic E-state index is -5.00. The molecule has 0 aliphatic carbocycles. The molecular formula is C22H32N6O11S4. The minimum Gasteiger partial charge on any atom is -0.507 e. The first-order chi connectivity index (χ1) is 18.5. The second kappa shape index (κ2) is 15.2. The fourth-order valence-corrected chi connectivity index (χ4v) is 4.55. The van der Waals surface area contributed by atoms with Crippen LogP contribution in [0.4, 0.5) is 5.13 Å². The SMILES string of the molecule is C.CC1(C)C(CC(=O)/C(=N\O[C@@H](COc2ccc(C(=N)N)c(O)c2)C(=O)O)c2csc(N)n2)C(=O)N1OS(=O)(=O)O.S.S. The van der Waals surface area contributed by atoms with E-state index in [1.165, 1.54) is 31.4 Å². The van der Waals surface area contributed by atoms with Crippen molar-refractivity contribution < 1.29 is 51.4 Å². The number of amidine groups is 1. The number of ether oxygens (including phenoxy) is 1. The largest absolute Gasteiger partial charge is 0.507 e. The van der Waals surface area contributed by atoms with Crippen LogP contribution >= 0.6 is 38.3 Å². The number of benzene rings is 1. The number of carboxylic acids is 1. The zero-order valence-electron chi connectivity index (χ0n) is 21.8. The van der Waals surface area contributed by atoms with Crippen LogP contribution in [0.2, 0.25) is 0 Å². The highest BCUT2D eigenvalue weighted by molar-refractivity contribution is 7.80. The third-order valence-electron chi connectivity index (χ3n) is 5.67. The number of thiazole rings is 1. The van der Waals surface area contributed by atoms with Gasteiger partial charge < -0.3 is 31.3 Å². The van der Waals surface area contributed by atoms with E-state index >= 15 is 0 Å². The maximum atomic E-state index is 13.2. The number of carbonyl (C=O) groups is 3. The number of hydrogen-bond acceptors (Lipinski definition) is 14. The van der Waals surface area contributed by atoms with Gasteiger partial charge in [0.15, 0.2) is 16.6 Å². The van der Waals surface area contributed by atoms with E-state index in [2.05, 4.69) is 14.4 Å². The number of hydroxylamine groups is 2. The zero-order chi connectivity index (χ0) is 30.0. The number of carboxylic acid groups (broad SMARTS) is 1. The Morgan fingerprint density at radius 1 is 1.30 bits per heavy atom. The van der Waals surface area contributed by atoms with Crippen LogP contribution in [-0.4, -0.2) is 80.7 Å². The Labute approximate surface area is 264 Å². The molecule has 1 aromatic heterocycles. The number of aromatic hydroxyl groups is 1. The summed E-state index contributed by atoms with van der Waals surface area (Å²) < 4.78 is 40.6. The van der Waals surface area contributed by atoms with Gasteiger partial charge in [-0.25, -0.2) is 9.78 Å². The summed E-state index contributed by atoms with van der Waals surface area (Å²) in [4.78, 5) is 46.4. The normalized spacial score (nSPS) is 16.3. The number of oxime groups is 1. The summed E-state index contributed by atoms with van der Waals surface area (Å²) in [5.74, 6) is -5.11. The second-order valence-electron chi connectivity index (χ2n) is 8.82. The summed E-state index contributed by atoms with van der Waals surface area (Å²) in [5, 5.41) is 32.3. The first-order valence-corrected chi connectivity index (χ1v) is 13.3. The van der Waals surface area contributed by atoms with Crippen LogP contribution in [0.15, 0.2) is 28.7 Å². The Bertz CT molecular complexity index is 1500. The number of anilines is 1. The van der Waals surface area contributed by atoms with Crippen molar-refractivity contribution in [2.24, 2.45) is 16.8 Å². The Morgan fingerprint density at radius 2 is 1.93 bits per heavy atom. The van der Waals surface area contributed by atoms with Crippen molar-refractivity contribution in [2.75, 3.05) is 12.3 Å². The van der Waals surface area contributed by atoms with Gasteiger partial charge in [0.2, 0.25) is 0 Å². The lowest BCUT2D eigenvalue weighted by atomic mass is 9.74. The monoisotopic (exact) mass is 684 g/mol. The van der Waals surface area contributed by atoms with Crippen LogP contribution in [0.5, 0.6) is 11.5 Å². The molecule has 0 radical (unpaired) electrons. The van der Waals surface area contributed by atoms with E-state index in [9.17, 15) is 33.0 Å². The number of nitrogens with two attached hydrogens (primary N) is 2. The topological polar surface area (TPSA) is 278 Å². The minimum absolute atomic E-state index is 0. The van der Waals surface area contributed by atoms with Crippen molar-refractivity contribution in [3.8, 4) is 11.5 Å². The van der Waals surface area contributed by atoms with Crippen LogP contribution in [0.1, 0.15) is 39.0 Å². The summed E-state index contributed by atoms with van der Waals surface area (Å²) in [6.45, 7) is 2.16. The Kier molecular flexibility index (Phi) is 13.9. The molecule has 1 amide bonds. The van der Waals surface area contributed by atoms with E-state index < -0.39 is 70.2 Å². The average molecular weight is 685 g/mol. The molecular weight excluding hydrogens is 653 g/mol. The predicted octanol–water partition coefficient (Wildman–Crippen LogP) is 0.760. The highest BCUT2D eigenvalue weighted by Gasteiger charge is 2.57. The van der Waals surface area contributed by atoms with E-state index in [1.807, 2.05) is 0 Å². The number of nitrogen functional groups attached to an aromatic ring is 2. The van der Waals surface area contributed by atoms with Crippen molar-refractivity contribution in [3.05, 3.63) is 34.8 Å². The first-order valence-electron chi connectivity index (χ1n) is 11.0. The van der Waals surface area contributed by atoms with E-state index in [0.717, 1.165) is 17.4 Å². The number of hydrogen-bond donors (Lipinski definition) is 6. The molecule has 2 aromatic rings.